The van der Waals surface area contributed by atoms with E-state index in [-0.39, 0.29) is 0 Å². The molecule has 13 heavy (non-hydrogen) atoms. The molecular weight excluding hydrogens is 168 g/mol. The summed E-state index contributed by atoms with van der Waals surface area (Å²) in [5.74, 6) is 0. The lowest BCUT2D eigenvalue weighted by atomic mass is 10.3. The molecule has 2 N–H and O–H groups in total. The Kier molecular flexibility index (Phi) is 4.66. The van der Waals surface area contributed by atoms with Crippen LogP contribution in [0.3, 0.4) is 0 Å². The molecule has 2 atom stereocenters. The highest BCUT2D eigenvalue weighted by molar-refractivity contribution is 4.82. The normalized spacial score (nSPS) is 26.5. The van der Waals surface area contributed by atoms with Crippen molar-refractivity contribution in [2.24, 2.45) is 5.73 Å². The second-order valence-corrected chi connectivity index (χ2v) is 3.49. The molecule has 0 spiro atoms. The third kappa shape index (κ3) is 2.91. The highest BCUT2D eigenvalue weighted by atomic mass is 16.5. The molecule has 1 rings (SSSR count). The minimum absolute atomic E-state index is 0.352. The van der Waals surface area contributed by atoms with Crippen LogP contribution in [-0.4, -0.2) is 57.5 Å². The zero-order valence-electron chi connectivity index (χ0n) is 8.53. The summed E-state index contributed by atoms with van der Waals surface area (Å²) >= 11 is 0. The van der Waals surface area contributed by atoms with Crippen LogP contribution in [0.15, 0.2) is 0 Å². The Morgan fingerprint density at radius 3 is 2.77 bits per heavy atom. The van der Waals surface area contributed by atoms with Gasteiger partial charge in [0.2, 0.25) is 0 Å². The molecule has 1 heterocycles. The Morgan fingerprint density at radius 1 is 1.54 bits per heavy atom. The molecule has 2 unspecified atom stereocenters. The number of nitrogens with zero attached hydrogens (tertiary/aromatic N) is 1. The van der Waals surface area contributed by atoms with Gasteiger partial charge in [-0.15, -0.1) is 0 Å². The van der Waals surface area contributed by atoms with Crippen molar-refractivity contribution in [3.8, 4) is 0 Å². The summed E-state index contributed by atoms with van der Waals surface area (Å²) in [7, 11) is 3.48. The fraction of sp³-hybridized carbons (Fsp3) is 1.00. The summed E-state index contributed by atoms with van der Waals surface area (Å²) in [6.45, 7) is 3.43. The lowest BCUT2D eigenvalue weighted by Gasteiger charge is -2.25. The maximum Gasteiger partial charge on any atom is 0.0710 e. The molecule has 1 aliphatic rings. The highest BCUT2D eigenvalue weighted by Crippen LogP contribution is 2.14. The molecule has 0 bridgehead atoms. The van der Waals surface area contributed by atoms with E-state index in [4.69, 9.17) is 15.2 Å². The van der Waals surface area contributed by atoms with E-state index < -0.39 is 0 Å². The van der Waals surface area contributed by atoms with Crippen LogP contribution in [0.5, 0.6) is 0 Å². The van der Waals surface area contributed by atoms with Crippen molar-refractivity contribution >= 4 is 0 Å². The molecule has 0 aromatic carbocycles. The Labute approximate surface area is 80.0 Å². The molecule has 4 nitrogen and oxygen atoms in total. The molecule has 0 amide bonds. The number of likely N-dealkylation sites (tertiary alicyclic amines) is 1. The van der Waals surface area contributed by atoms with E-state index in [1.165, 1.54) is 0 Å². The van der Waals surface area contributed by atoms with Crippen LogP contribution in [0, 0.1) is 0 Å². The molecule has 1 aliphatic heterocycles. The summed E-state index contributed by atoms with van der Waals surface area (Å²) in [6.07, 6.45) is 1.49. The van der Waals surface area contributed by atoms with Gasteiger partial charge in [0, 0.05) is 39.9 Å². The van der Waals surface area contributed by atoms with E-state index in [0.29, 0.717) is 25.3 Å². The van der Waals surface area contributed by atoms with E-state index in [1.807, 2.05) is 0 Å². The molecule has 1 saturated heterocycles. The van der Waals surface area contributed by atoms with Crippen LogP contribution < -0.4 is 5.73 Å². The summed E-state index contributed by atoms with van der Waals surface area (Å²) in [5.41, 5.74) is 5.66. The molecular formula is C9H20N2O2. The largest absolute Gasteiger partial charge is 0.383 e. The van der Waals surface area contributed by atoms with Gasteiger partial charge in [0.1, 0.15) is 0 Å². The zero-order chi connectivity index (χ0) is 9.68. The van der Waals surface area contributed by atoms with Crippen molar-refractivity contribution < 1.29 is 9.47 Å². The average molecular weight is 188 g/mol. The first kappa shape index (κ1) is 10.9. The van der Waals surface area contributed by atoms with Gasteiger partial charge in [0.25, 0.3) is 0 Å². The Bertz CT molecular complexity index is 144. The predicted molar refractivity (Wildman–Crippen MR) is 51.7 cm³/mol. The summed E-state index contributed by atoms with van der Waals surface area (Å²) in [5, 5.41) is 0. The van der Waals surface area contributed by atoms with Crippen LogP contribution in [-0.2, 0) is 9.47 Å². The van der Waals surface area contributed by atoms with Gasteiger partial charge in [-0.25, -0.2) is 0 Å². The number of hydrogen-bond acceptors (Lipinski definition) is 4. The number of ether oxygens (including phenoxy) is 2. The van der Waals surface area contributed by atoms with Crippen molar-refractivity contribution in [2.75, 3.05) is 40.5 Å². The van der Waals surface area contributed by atoms with Crippen molar-refractivity contribution in [3.63, 3.8) is 0 Å². The van der Waals surface area contributed by atoms with Gasteiger partial charge in [-0.2, -0.15) is 0 Å². The number of nitrogens with two attached hydrogens (primary N) is 1. The summed E-state index contributed by atoms with van der Waals surface area (Å²) in [6, 6.07) is 0.352. The van der Waals surface area contributed by atoms with Crippen LogP contribution in [0.2, 0.25) is 0 Å². The monoisotopic (exact) mass is 188 g/mol. The molecule has 1 fully saturated rings. The topological polar surface area (TPSA) is 47.7 Å². The lowest BCUT2D eigenvalue weighted by Crippen LogP contribution is -2.42. The van der Waals surface area contributed by atoms with Crippen LogP contribution in [0.1, 0.15) is 6.42 Å². The van der Waals surface area contributed by atoms with Gasteiger partial charge >= 0.3 is 0 Å². The second-order valence-electron chi connectivity index (χ2n) is 3.49. The Morgan fingerprint density at radius 2 is 2.31 bits per heavy atom. The Hall–Kier alpha value is -0.160. The van der Waals surface area contributed by atoms with Crippen LogP contribution in [0.4, 0.5) is 0 Å². The fourth-order valence-corrected chi connectivity index (χ4v) is 1.79. The van der Waals surface area contributed by atoms with Gasteiger partial charge in [0.05, 0.1) is 12.7 Å². The van der Waals surface area contributed by atoms with Crippen molar-refractivity contribution in [2.45, 2.75) is 18.6 Å². The maximum atomic E-state index is 5.66. The van der Waals surface area contributed by atoms with Gasteiger partial charge in [-0.05, 0) is 6.42 Å². The zero-order valence-corrected chi connectivity index (χ0v) is 8.53. The lowest BCUT2D eigenvalue weighted by molar-refractivity contribution is 0.0785. The van der Waals surface area contributed by atoms with E-state index in [1.54, 1.807) is 14.2 Å². The first-order chi connectivity index (χ1) is 6.31. The standard InChI is InChI=1S/C9H20N2O2/c1-12-7-8(5-10)11-4-3-9(6-11)13-2/h8-9H,3-7,10H2,1-2H3. The third-order valence-electron chi connectivity index (χ3n) is 2.66. The molecule has 0 radical (unpaired) electrons. The van der Waals surface area contributed by atoms with Crippen molar-refractivity contribution in [3.05, 3.63) is 0 Å². The first-order valence-electron chi connectivity index (χ1n) is 4.77. The van der Waals surface area contributed by atoms with E-state index in [0.717, 1.165) is 19.5 Å². The van der Waals surface area contributed by atoms with Gasteiger partial charge in [0.15, 0.2) is 0 Å². The molecule has 4 heteroatoms. The van der Waals surface area contributed by atoms with E-state index in [9.17, 15) is 0 Å². The van der Waals surface area contributed by atoms with Crippen molar-refractivity contribution in [1.82, 2.24) is 4.90 Å². The maximum absolute atomic E-state index is 5.66. The van der Waals surface area contributed by atoms with E-state index >= 15 is 0 Å². The number of rotatable bonds is 5. The minimum atomic E-state index is 0.352. The second kappa shape index (κ2) is 5.54. The average Bonchev–Trinajstić information content (AvgIpc) is 2.62. The van der Waals surface area contributed by atoms with Crippen LogP contribution in [0.25, 0.3) is 0 Å². The first-order valence-corrected chi connectivity index (χ1v) is 4.77. The molecule has 0 aromatic rings. The molecule has 0 aromatic heterocycles. The smallest absolute Gasteiger partial charge is 0.0710 e. The Balaban J connectivity index is 2.33. The number of hydrogen-bond donors (Lipinski definition) is 1. The SMILES string of the molecule is COCC(CN)N1CCC(OC)C1. The van der Waals surface area contributed by atoms with Gasteiger partial charge in [-0.1, -0.05) is 0 Å². The summed E-state index contributed by atoms with van der Waals surface area (Å²) < 4.78 is 10.4. The summed E-state index contributed by atoms with van der Waals surface area (Å²) in [4.78, 5) is 2.34. The van der Waals surface area contributed by atoms with E-state index in [2.05, 4.69) is 4.90 Å². The highest BCUT2D eigenvalue weighted by Gasteiger charge is 2.27. The molecule has 0 saturated carbocycles. The van der Waals surface area contributed by atoms with Gasteiger partial charge in [-0.3, -0.25) is 4.90 Å². The van der Waals surface area contributed by atoms with Crippen molar-refractivity contribution in [1.29, 1.82) is 0 Å². The molecule has 0 aliphatic carbocycles. The van der Waals surface area contributed by atoms with Gasteiger partial charge < -0.3 is 15.2 Å². The third-order valence-corrected chi connectivity index (χ3v) is 2.66. The predicted octanol–water partition coefficient (Wildman–Crippen LogP) is -0.319. The van der Waals surface area contributed by atoms with Crippen LogP contribution >= 0.6 is 0 Å². The number of methoxy groups -OCH3 is 2. The minimum Gasteiger partial charge on any atom is -0.383 e. The fourth-order valence-electron chi connectivity index (χ4n) is 1.79. The quantitative estimate of drug-likeness (QED) is 0.642. The molecule has 78 valence electrons.